The van der Waals surface area contributed by atoms with E-state index in [9.17, 15) is 18.0 Å². The molecule has 0 unspecified atom stereocenters. The first-order valence-corrected chi connectivity index (χ1v) is 11.4. The Balaban J connectivity index is 1.53. The maximum Gasteiger partial charge on any atom is 0.263 e. The van der Waals surface area contributed by atoms with Crippen molar-refractivity contribution in [3.8, 4) is 0 Å². The maximum absolute atomic E-state index is 12.6. The minimum absolute atomic E-state index is 0.0252. The first-order chi connectivity index (χ1) is 13.3. The second-order valence-corrected chi connectivity index (χ2v) is 9.40. The van der Waals surface area contributed by atoms with E-state index in [1.807, 2.05) is 24.4 Å². The van der Waals surface area contributed by atoms with Crippen LogP contribution in [0, 0.1) is 5.92 Å². The molecule has 7 nitrogen and oxygen atoms in total. The lowest BCUT2D eigenvalue weighted by Crippen LogP contribution is -2.43. The van der Waals surface area contributed by atoms with Gasteiger partial charge in [-0.15, -0.1) is 11.3 Å². The van der Waals surface area contributed by atoms with E-state index in [1.165, 1.54) is 23.5 Å². The number of piperidine rings is 1. The van der Waals surface area contributed by atoms with Crippen molar-refractivity contribution in [2.45, 2.75) is 30.7 Å². The van der Waals surface area contributed by atoms with Crippen molar-refractivity contribution in [1.82, 2.24) is 10.2 Å². The molecule has 0 radical (unpaired) electrons. The molecule has 1 fully saturated rings. The SMILES string of the molecule is C[C@@H](NC(=O)C1CCN(C(=O)c2cccs2)CC1)c1ccc(S(N)(=O)=O)cc1. The normalized spacial score (nSPS) is 16.6. The van der Waals surface area contributed by atoms with Crippen molar-refractivity contribution in [2.24, 2.45) is 11.1 Å². The molecule has 2 heterocycles. The number of sulfonamides is 1. The standard InChI is InChI=1S/C19H23N3O4S2/c1-13(14-4-6-16(7-5-14)28(20,25)26)21-18(23)15-8-10-22(11-9-15)19(24)17-3-2-12-27-17/h2-7,12-13,15H,8-11H2,1H3,(H,21,23)(H2,20,25,26)/t13-/m1/s1. The van der Waals surface area contributed by atoms with Crippen LogP contribution >= 0.6 is 11.3 Å². The third-order valence-electron chi connectivity index (χ3n) is 4.95. The van der Waals surface area contributed by atoms with Gasteiger partial charge in [0, 0.05) is 19.0 Å². The summed E-state index contributed by atoms with van der Waals surface area (Å²) in [5.74, 6) is -0.165. The highest BCUT2D eigenvalue weighted by Gasteiger charge is 2.28. The zero-order chi connectivity index (χ0) is 20.3. The number of rotatable bonds is 5. The van der Waals surface area contributed by atoms with Gasteiger partial charge in [-0.3, -0.25) is 9.59 Å². The summed E-state index contributed by atoms with van der Waals surface area (Å²) < 4.78 is 22.7. The quantitative estimate of drug-likeness (QED) is 0.770. The van der Waals surface area contributed by atoms with Crippen molar-refractivity contribution >= 4 is 33.2 Å². The number of nitrogens with two attached hydrogens (primary N) is 1. The number of nitrogens with zero attached hydrogens (tertiary/aromatic N) is 1. The van der Waals surface area contributed by atoms with E-state index in [0.717, 1.165) is 10.4 Å². The second-order valence-electron chi connectivity index (χ2n) is 6.89. The van der Waals surface area contributed by atoms with Crippen LogP contribution in [0.5, 0.6) is 0 Å². The van der Waals surface area contributed by atoms with E-state index in [0.29, 0.717) is 25.9 Å². The van der Waals surface area contributed by atoms with Gasteiger partial charge in [0.05, 0.1) is 15.8 Å². The minimum Gasteiger partial charge on any atom is -0.349 e. The van der Waals surface area contributed by atoms with E-state index < -0.39 is 10.0 Å². The van der Waals surface area contributed by atoms with E-state index in [2.05, 4.69) is 5.32 Å². The van der Waals surface area contributed by atoms with Gasteiger partial charge < -0.3 is 10.2 Å². The van der Waals surface area contributed by atoms with Gasteiger partial charge in [-0.25, -0.2) is 13.6 Å². The molecule has 3 N–H and O–H groups in total. The molecular weight excluding hydrogens is 398 g/mol. The number of hydrogen-bond acceptors (Lipinski definition) is 5. The van der Waals surface area contributed by atoms with Gasteiger partial charge in [0.2, 0.25) is 15.9 Å². The number of hydrogen-bond donors (Lipinski definition) is 2. The lowest BCUT2D eigenvalue weighted by molar-refractivity contribution is -0.127. The highest BCUT2D eigenvalue weighted by Crippen LogP contribution is 2.22. The zero-order valence-corrected chi connectivity index (χ0v) is 17.1. The van der Waals surface area contributed by atoms with Crippen LogP contribution < -0.4 is 10.5 Å². The summed E-state index contributed by atoms with van der Waals surface area (Å²) >= 11 is 1.42. The molecule has 0 saturated carbocycles. The molecule has 2 aromatic rings. The number of carbonyl (C=O) groups is 2. The molecule has 1 saturated heterocycles. The summed E-state index contributed by atoms with van der Waals surface area (Å²) in [5.41, 5.74) is 0.797. The summed E-state index contributed by atoms with van der Waals surface area (Å²) in [6.07, 6.45) is 1.25. The number of thiophene rings is 1. The van der Waals surface area contributed by atoms with Gasteiger partial charge in [0.25, 0.3) is 5.91 Å². The summed E-state index contributed by atoms with van der Waals surface area (Å²) in [6, 6.07) is 9.57. The van der Waals surface area contributed by atoms with Crippen molar-refractivity contribution in [3.05, 3.63) is 52.2 Å². The van der Waals surface area contributed by atoms with Crippen LogP contribution in [0.15, 0.2) is 46.7 Å². The Morgan fingerprint density at radius 2 is 1.82 bits per heavy atom. The van der Waals surface area contributed by atoms with Gasteiger partial charge in [0.1, 0.15) is 0 Å². The number of nitrogens with one attached hydrogen (secondary N) is 1. The van der Waals surface area contributed by atoms with Crippen LogP contribution in [0.4, 0.5) is 0 Å². The van der Waals surface area contributed by atoms with Crippen molar-refractivity contribution < 1.29 is 18.0 Å². The molecule has 0 spiro atoms. The van der Waals surface area contributed by atoms with Crippen LogP contribution in [0.3, 0.4) is 0 Å². The van der Waals surface area contributed by atoms with Crippen LogP contribution in [-0.4, -0.2) is 38.2 Å². The fourth-order valence-corrected chi connectivity index (χ4v) is 4.47. The summed E-state index contributed by atoms with van der Waals surface area (Å²) in [4.78, 5) is 27.5. The fourth-order valence-electron chi connectivity index (χ4n) is 3.26. The molecule has 1 atom stereocenters. The molecule has 3 rings (SSSR count). The largest absolute Gasteiger partial charge is 0.349 e. The maximum atomic E-state index is 12.6. The Morgan fingerprint density at radius 3 is 2.36 bits per heavy atom. The van der Waals surface area contributed by atoms with Crippen molar-refractivity contribution in [2.75, 3.05) is 13.1 Å². The molecule has 1 aromatic heterocycles. The Labute approximate surface area is 168 Å². The Kier molecular flexibility index (Phi) is 6.17. The van der Waals surface area contributed by atoms with Crippen LogP contribution in [-0.2, 0) is 14.8 Å². The second kappa shape index (κ2) is 8.42. The van der Waals surface area contributed by atoms with Gasteiger partial charge in [0.15, 0.2) is 0 Å². The number of likely N-dealkylation sites (tertiary alicyclic amines) is 1. The number of carbonyl (C=O) groups excluding carboxylic acids is 2. The molecule has 0 bridgehead atoms. The number of primary sulfonamides is 1. The van der Waals surface area contributed by atoms with Gasteiger partial charge in [-0.05, 0) is 48.9 Å². The third-order valence-corrected chi connectivity index (χ3v) is 6.74. The average Bonchev–Trinajstić information content (AvgIpc) is 3.21. The van der Waals surface area contributed by atoms with Crippen LogP contribution in [0.25, 0.3) is 0 Å². The van der Waals surface area contributed by atoms with Crippen LogP contribution in [0.2, 0.25) is 0 Å². The van der Waals surface area contributed by atoms with Gasteiger partial charge >= 0.3 is 0 Å². The Bertz CT molecular complexity index is 932. The molecule has 1 aromatic carbocycles. The average molecular weight is 422 g/mol. The van der Waals surface area contributed by atoms with Gasteiger partial charge in [-0.1, -0.05) is 18.2 Å². The Morgan fingerprint density at radius 1 is 1.18 bits per heavy atom. The number of amides is 2. The highest BCUT2D eigenvalue weighted by atomic mass is 32.2. The lowest BCUT2D eigenvalue weighted by Gasteiger charge is -2.31. The zero-order valence-electron chi connectivity index (χ0n) is 15.5. The highest BCUT2D eigenvalue weighted by molar-refractivity contribution is 7.89. The Hall–Kier alpha value is -2.23. The topological polar surface area (TPSA) is 110 Å². The molecule has 0 aliphatic carbocycles. The first-order valence-electron chi connectivity index (χ1n) is 9.01. The summed E-state index contributed by atoms with van der Waals surface area (Å²) in [5, 5.41) is 9.95. The predicted molar refractivity (Wildman–Crippen MR) is 107 cm³/mol. The monoisotopic (exact) mass is 421 g/mol. The fraction of sp³-hybridized carbons (Fsp3) is 0.368. The molecule has 28 heavy (non-hydrogen) atoms. The smallest absolute Gasteiger partial charge is 0.263 e. The third kappa shape index (κ3) is 4.78. The summed E-state index contributed by atoms with van der Waals surface area (Å²) in [6.45, 7) is 2.97. The van der Waals surface area contributed by atoms with E-state index in [-0.39, 0.29) is 28.7 Å². The molecule has 2 amide bonds. The molecule has 1 aliphatic heterocycles. The molecule has 9 heteroatoms. The number of benzene rings is 1. The predicted octanol–water partition coefficient (Wildman–Crippen LogP) is 2.13. The molecule has 150 valence electrons. The molecular formula is C19H23N3O4S2. The van der Waals surface area contributed by atoms with Crippen molar-refractivity contribution in [1.29, 1.82) is 0 Å². The first kappa shape index (κ1) is 20.5. The van der Waals surface area contributed by atoms with E-state index in [1.54, 1.807) is 17.0 Å². The molecule has 1 aliphatic rings. The van der Waals surface area contributed by atoms with Gasteiger partial charge in [-0.2, -0.15) is 0 Å². The lowest BCUT2D eigenvalue weighted by atomic mass is 9.95. The van der Waals surface area contributed by atoms with Crippen molar-refractivity contribution in [3.63, 3.8) is 0 Å². The van der Waals surface area contributed by atoms with Crippen LogP contribution in [0.1, 0.15) is 41.0 Å². The summed E-state index contributed by atoms with van der Waals surface area (Å²) in [7, 11) is -3.73. The van der Waals surface area contributed by atoms with E-state index in [4.69, 9.17) is 5.14 Å². The van der Waals surface area contributed by atoms with E-state index >= 15 is 0 Å². The minimum atomic E-state index is -3.73.